The highest BCUT2D eigenvalue weighted by molar-refractivity contribution is 5.76. The van der Waals surface area contributed by atoms with Gasteiger partial charge in [-0.25, -0.2) is 0 Å². The molecule has 0 saturated carbocycles. The van der Waals surface area contributed by atoms with Crippen LogP contribution in [0.25, 0.3) is 0 Å². The van der Waals surface area contributed by atoms with Gasteiger partial charge in [0.25, 0.3) is 0 Å². The molecule has 0 aromatic carbocycles. The van der Waals surface area contributed by atoms with Crippen molar-refractivity contribution < 1.29 is 89.4 Å². The van der Waals surface area contributed by atoms with Gasteiger partial charge in [-0.15, -0.1) is 0 Å². The second-order valence-corrected chi connectivity index (χ2v) is 27.5. The summed E-state index contributed by atoms with van der Waals surface area (Å²) in [6, 6.07) is -0.978. The lowest BCUT2D eigenvalue weighted by molar-refractivity contribution is -0.379. The lowest BCUT2D eigenvalue weighted by Crippen LogP contribution is -2.66. The highest BCUT2D eigenvalue weighted by Crippen LogP contribution is 2.33. The Bertz CT molecular complexity index is 1840. The molecular formula is C75H139NO18. The van der Waals surface area contributed by atoms with Crippen LogP contribution < -0.4 is 5.32 Å². The molecule has 3 aliphatic rings. The average molecular weight is 1340 g/mol. The van der Waals surface area contributed by atoms with Crippen LogP contribution in [0.4, 0.5) is 0 Å². The van der Waals surface area contributed by atoms with E-state index in [9.17, 15) is 61.0 Å². The third-order valence-electron chi connectivity index (χ3n) is 19.2. The van der Waals surface area contributed by atoms with Crippen LogP contribution in [-0.4, -0.2) is 193 Å². The molecule has 0 bridgehead atoms. The van der Waals surface area contributed by atoms with Crippen molar-refractivity contribution in [2.45, 2.75) is 407 Å². The zero-order valence-corrected chi connectivity index (χ0v) is 58.7. The predicted octanol–water partition coefficient (Wildman–Crippen LogP) is 11.6. The Morgan fingerprint density at radius 3 is 1.10 bits per heavy atom. The zero-order valence-electron chi connectivity index (χ0n) is 58.7. The van der Waals surface area contributed by atoms with Gasteiger partial charge < -0.3 is 89.9 Å². The third-order valence-corrected chi connectivity index (χ3v) is 19.2. The summed E-state index contributed by atoms with van der Waals surface area (Å²) in [6.45, 7) is 1.75. The molecule has 17 atom stereocenters. The first-order chi connectivity index (χ1) is 45.8. The van der Waals surface area contributed by atoms with Crippen LogP contribution >= 0.6 is 0 Å². The molecule has 94 heavy (non-hydrogen) atoms. The molecule has 3 aliphatic heterocycles. The van der Waals surface area contributed by atoms with Crippen LogP contribution in [0.1, 0.15) is 303 Å². The van der Waals surface area contributed by atoms with Gasteiger partial charge in [-0.2, -0.15) is 0 Å². The SMILES string of the molecule is CCCCCC/C=C\C/C=C\CCCCCCCCCC(=O)NC(COC1OC(CO)C(OC2OC(CO)C(OC3OC(CO)C(O)C(O)C3O)C(O)C2O)C(O)C1O)C(O)/C=C/CCCCCCCCCCCCCCCCCCCCCCCCCCCCCCC. The fourth-order valence-corrected chi connectivity index (χ4v) is 13.0. The summed E-state index contributed by atoms with van der Waals surface area (Å²) in [5.74, 6) is -0.280. The van der Waals surface area contributed by atoms with Crippen molar-refractivity contribution in [1.82, 2.24) is 5.32 Å². The minimum Gasteiger partial charge on any atom is -0.394 e. The van der Waals surface area contributed by atoms with Crippen molar-refractivity contribution in [3.8, 4) is 0 Å². The van der Waals surface area contributed by atoms with Gasteiger partial charge in [-0.1, -0.05) is 281 Å². The smallest absolute Gasteiger partial charge is 0.220 e. The molecule has 1 amide bonds. The number of nitrogens with one attached hydrogen (secondary N) is 1. The summed E-state index contributed by atoms with van der Waals surface area (Å²) in [7, 11) is 0. The van der Waals surface area contributed by atoms with Crippen LogP contribution in [0.15, 0.2) is 36.5 Å². The first-order valence-corrected chi connectivity index (χ1v) is 38.2. The number of carbonyl (C=O) groups excluding carboxylic acids is 1. The molecular weight excluding hydrogens is 1200 g/mol. The van der Waals surface area contributed by atoms with Gasteiger partial charge in [0.15, 0.2) is 18.9 Å². The molecule has 3 heterocycles. The Balaban J connectivity index is 1.38. The topological polar surface area (TPSA) is 307 Å². The summed E-state index contributed by atoms with van der Waals surface area (Å²) in [4.78, 5) is 13.4. The maximum atomic E-state index is 13.4. The molecule has 0 aromatic heterocycles. The number of ether oxygens (including phenoxy) is 6. The predicted molar refractivity (Wildman–Crippen MR) is 369 cm³/mol. The maximum absolute atomic E-state index is 13.4. The van der Waals surface area contributed by atoms with Crippen LogP contribution in [0.2, 0.25) is 0 Å². The van der Waals surface area contributed by atoms with Gasteiger partial charge >= 0.3 is 0 Å². The first kappa shape index (κ1) is 86.2. The average Bonchev–Trinajstić information content (AvgIpc) is 0.787. The molecule has 3 fully saturated rings. The number of amides is 1. The van der Waals surface area contributed by atoms with Crippen molar-refractivity contribution in [3.63, 3.8) is 0 Å². The molecule has 552 valence electrons. The second-order valence-electron chi connectivity index (χ2n) is 27.5. The summed E-state index contributed by atoms with van der Waals surface area (Å²) < 4.78 is 34.4. The number of allylic oxidation sites excluding steroid dienone is 5. The zero-order chi connectivity index (χ0) is 68.2. The number of carbonyl (C=O) groups is 1. The quantitative estimate of drug-likeness (QED) is 0.0199. The Labute approximate surface area is 568 Å². The molecule has 0 radical (unpaired) electrons. The van der Waals surface area contributed by atoms with Crippen molar-refractivity contribution in [3.05, 3.63) is 36.5 Å². The number of aliphatic hydroxyl groups excluding tert-OH is 11. The van der Waals surface area contributed by atoms with Gasteiger partial charge in [-0.05, 0) is 51.4 Å². The van der Waals surface area contributed by atoms with Crippen molar-refractivity contribution in [2.24, 2.45) is 0 Å². The van der Waals surface area contributed by atoms with E-state index in [0.29, 0.717) is 6.42 Å². The highest BCUT2D eigenvalue weighted by Gasteiger charge is 2.53. The minimum absolute atomic E-state index is 0.235. The molecule has 3 rings (SSSR count). The normalized spacial score (nSPS) is 27.5. The molecule has 0 spiro atoms. The van der Waals surface area contributed by atoms with Crippen LogP contribution in [-0.2, 0) is 33.2 Å². The summed E-state index contributed by atoms with van der Waals surface area (Å²) >= 11 is 0. The van der Waals surface area contributed by atoms with E-state index in [-0.39, 0.29) is 18.9 Å². The van der Waals surface area contributed by atoms with Gasteiger partial charge in [0.2, 0.25) is 5.91 Å². The van der Waals surface area contributed by atoms with Crippen LogP contribution in [0.5, 0.6) is 0 Å². The first-order valence-electron chi connectivity index (χ1n) is 38.2. The number of rotatable bonds is 60. The van der Waals surface area contributed by atoms with Crippen molar-refractivity contribution in [2.75, 3.05) is 26.4 Å². The second kappa shape index (κ2) is 56.7. The molecule has 0 aromatic rings. The fourth-order valence-electron chi connectivity index (χ4n) is 13.0. The minimum atomic E-state index is -1.98. The van der Waals surface area contributed by atoms with E-state index >= 15 is 0 Å². The Kier molecular flexibility index (Phi) is 52.0. The molecule has 3 saturated heterocycles. The standard InChI is InChI=1S/C75H139NO18/c1-3-5-7-9-11-13-15-17-19-21-23-24-25-26-27-28-29-30-31-32-33-34-35-36-38-40-42-44-46-48-50-52-59(80)58(76-63(81)53-51-49-47-45-43-41-39-37-22-20-18-16-14-12-10-8-6-4-2)57-89-73-69(87)66(84)71(61(55-78)91-73)94-75-70(88)67(85)72(62(56-79)92-75)93-74-68(86)65(83)64(82)60(54-77)90-74/h14,16,20,22,50,52,58-62,64-75,77-80,82-88H,3-13,15,17-19,21,23-49,51,53-57H2,1-2H3,(H,76,81)/b16-14-,22-20-,52-50+. The summed E-state index contributed by atoms with van der Waals surface area (Å²) in [5, 5.41) is 121. The largest absolute Gasteiger partial charge is 0.394 e. The van der Waals surface area contributed by atoms with Crippen molar-refractivity contribution in [1.29, 1.82) is 0 Å². The number of hydrogen-bond acceptors (Lipinski definition) is 18. The van der Waals surface area contributed by atoms with E-state index in [2.05, 4.69) is 43.5 Å². The lowest BCUT2D eigenvalue weighted by Gasteiger charge is -2.48. The van der Waals surface area contributed by atoms with Crippen LogP contribution in [0.3, 0.4) is 0 Å². The van der Waals surface area contributed by atoms with E-state index in [4.69, 9.17) is 28.4 Å². The Morgan fingerprint density at radius 2 is 0.702 bits per heavy atom. The van der Waals surface area contributed by atoms with Gasteiger partial charge in [0.1, 0.15) is 73.2 Å². The molecule has 0 aliphatic carbocycles. The van der Waals surface area contributed by atoms with E-state index < -0.39 is 124 Å². The van der Waals surface area contributed by atoms with E-state index in [1.54, 1.807) is 6.08 Å². The molecule has 12 N–H and O–H groups in total. The summed E-state index contributed by atoms with van der Waals surface area (Å²) in [5.41, 5.74) is 0. The van der Waals surface area contributed by atoms with Gasteiger partial charge in [0, 0.05) is 6.42 Å². The Morgan fingerprint density at radius 1 is 0.383 bits per heavy atom. The molecule has 17 unspecified atom stereocenters. The van der Waals surface area contributed by atoms with Gasteiger partial charge in [0.05, 0.1) is 38.6 Å². The third kappa shape index (κ3) is 37.4. The number of unbranched alkanes of at least 4 members (excludes halogenated alkanes) is 40. The van der Waals surface area contributed by atoms with E-state index in [1.165, 1.54) is 193 Å². The van der Waals surface area contributed by atoms with E-state index in [0.717, 1.165) is 83.5 Å². The summed E-state index contributed by atoms with van der Waals surface area (Å²) in [6.07, 6.45) is 41.3. The fraction of sp³-hybridized carbons (Fsp3) is 0.907. The van der Waals surface area contributed by atoms with Crippen LogP contribution in [0, 0.1) is 0 Å². The molecule has 19 nitrogen and oxygen atoms in total. The highest BCUT2D eigenvalue weighted by atomic mass is 16.8. The van der Waals surface area contributed by atoms with Crippen molar-refractivity contribution >= 4 is 5.91 Å². The lowest BCUT2D eigenvalue weighted by atomic mass is 9.96. The number of hydrogen-bond donors (Lipinski definition) is 12. The van der Waals surface area contributed by atoms with Gasteiger partial charge in [-0.3, -0.25) is 4.79 Å². The number of aliphatic hydroxyl groups is 11. The van der Waals surface area contributed by atoms with E-state index in [1.807, 2.05) is 6.08 Å². The monoisotopic (exact) mass is 1340 g/mol. The maximum Gasteiger partial charge on any atom is 0.220 e. The Hall–Kier alpha value is -1.99. The molecule has 19 heteroatoms.